The van der Waals surface area contributed by atoms with Crippen molar-refractivity contribution in [1.29, 1.82) is 5.26 Å². The molecule has 1 aliphatic rings. The van der Waals surface area contributed by atoms with E-state index in [9.17, 15) is 10.1 Å². The van der Waals surface area contributed by atoms with Gasteiger partial charge >= 0.3 is 0 Å². The largest absolute Gasteiger partial charge is 0.348 e. The molecule has 1 aromatic rings. The number of rotatable bonds is 5. The van der Waals surface area contributed by atoms with E-state index >= 15 is 0 Å². The molecule has 1 aliphatic carbocycles. The molecule has 1 fully saturated rings. The summed E-state index contributed by atoms with van der Waals surface area (Å²) in [5, 5.41) is 13.2. The van der Waals surface area contributed by atoms with Crippen molar-refractivity contribution in [2.75, 3.05) is 0 Å². The van der Waals surface area contributed by atoms with Crippen LogP contribution in [0.1, 0.15) is 57.6 Å². The van der Waals surface area contributed by atoms with Crippen LogP contribution in [0.5, 0.6) is 0 Å². The molecule has 118 valence electrons. The number of carbonyl (C=O) groups excluding carboxylic acids is 1. The lowest BCUT2D eigenvalue weighted by atomic mass is 9.72. The third-order valence-corrected chi connectivity index (χ3v) is 5.29. The molecule has 0 spiro atoms. The predicted molar refractivity (Wildman–Crippen MR) is 88.3 cm³/mol. The molecule has 2 atom stereocenters. The van der Waals surface area contributed by atoms with Crippen molar-refractivity contribution in [1.82, 2.24) is 5.32 Å². The number of nitriles is 1. The van der Waals surface area contributed by atoms with E-state index < -0.39 is 5.92 Å². The highest BCUT2D eigenvalue weighted by molar-refractivity contribution is 6.30. The molecule has 1 N–H and O–H groups in total. The van der Waals surface area contributed by atoms with Crippen molar-refractivity contribution in [2.24, 2.45) is 11.3 Å². The number of benzene rings is 1. The summed E-state index contributed by atoms with van der Waals surface area (Å²) in [6, 6.07) is 9.57. The van der Waals surface area contributed by atoms with Crippen molar-refractivity contribution in [2.45, 2.75) is 52.0 Å². The van der Waals surface area contributed by atoms with E-state index in [0.29, 0.717) is 5.02 Å². The Hall–Kier alpha value is -1.53. The molecule has 0 bridgehead atoms. The van der Waals surface area contributed by atoms with Crippen LogP contribution in [-0.2, 0) is 4.79 Å². The van der Waals surface area contributed by atoms with Gasteiger partial charge in [-0.25, -0.2) is 0 Å². The number of nitrogens with zero attached hydrogens (tertiary/aromatic N) is 1. The molecule has 0 aliphatic heterocycles. The first-order valence-electron chi connectivity index (χ1n) is 7.98. The number of halogens is 1. The molecule has 1 saturated carbocycles. The molecule has 3 nitrogen and oxygen atoms in total. The zero-order chi connectivity index (χ0) is 16.2. The number of nitrogens with one attached hydrogen (secondary N) is 1. The summed E-state index contributed by atoms with van der Waals surface area (Å²) < 4.78 is 0. The van der Waals surface area contributed by atoms with Crippen molar-refractivity contribution in [3.63, 3.8) is 0 Å². The maximum atomic E-state index is 12.6. The van der Waals surface area contributed by atoms with E-state index in [2.05, 4.69) is 18.3 Å². The second-order valence-electron chi connectivity index (χ2n) is 6.27. The minimum atomic E-state index is -0.560. The molecule has 22 heavy (non-hydrogen) atoms. The molecule has 1 amide bonds. The fourth-order valence-corrected chi connectivity index (χ4v) is 3.66. The number of carbonyl (C=O) groups is 1. The lowest BCUT2D eigenvalue weighted by Crippen LogP contribution is -2.40. The third-order valence-electron chi connectivity index (χ3n) is 5.04. The van der Waals surface area contributed by atoms with Gasteiger partial charge in [0, 0.05) is 5.02 Å². The highest BCUT2D eigenvalue weighted by atomic mass is 35.5. The Morgan fingerprint density at radius 2 is 1.95 bits per heavy atom. The van der Waals surface area contributed by atoms with E-state index in [1.165, 1.54) is 0 Å². The van der Waals surface area contributed by atoms with Gasteiger partial charge in [0.05, 0.1) is 12.1 Å². The molecule has 0 saturated heterocycles. The summed E-state index contributed by atoms with van der Waals surface area (Å²) in [7, 11) is 0. The van der Waals surface area contributed by atoms with Gasteiger partial charge in [0.25, 0.3) is 0 Å². The summed E-state index contributed by atoms with van der Waals surface area (Å²) in [4.78, 5) is 12.6. The number of hydrogen-bond acceptors (Lipinski definition) is 2. The van der Waals surface area contributed by atoms with E-state index in [-0.39, 0.29) is 17.4 Å². The quantitative estimate of drug-likeness (QED) is 0.860. The third kappa shape index (κ3) is 3.44. The van der Waals surface area contributed by atoms with Gasteiger partial charge in [-0.2, -0.15) is 5.26 Å². The standard InChI is InChI=1S/C18H23ClN2O/c1-3-18(10-4-5-11-18)16(12-20)17(22)21-13(2)14-6-8-15(19)9-7-14/h6-9,13,16H,3-5,10-11H2,1-2H3,(H,21,22). The van der Waals surface area contributed by atoms with Gasteiger partial charge in [0.1, 0.15) is 5.92 Å². The Bertz CT molecular complexity index is 555. The first-order valence-corrected chi connectivity index (χ1v) is 8.35. The monoisotopic (exact) mass is 318 g/mol. The molecular weight excluding hydrogens is 296 g/mol. The van der Waals surface area contributed by atoms with Crippen LogP contribution in [0.4, 0.5) is 0 Å². The summed E-state index contributed by atoms with van der Waals surface area (Å²) in [6.07, 6.45) is 5.07. The smallest absolute Gasteiger partial charge is 0.238 e. The number of hydrogen-bond donors (Lipinski definition) is 1. The summed E-state index contributed by atoms with van der Waals surface area (Å²) in [6.45, 7) is 4.02. The van der Waals surface area contributed by atoms with Gasteiger partial charge in [-0.1, -0.05) is 43.5 Å². The van der Waals surface area contributed by atoms with Crippen LogP contribution >= 0.6 is 11.6 Å². The zero-order valence-corrected chi connectivity index (χ0v) is 14.0. The Morgan fingerprint density at radius 1 is 1.36 bits per heavy atom. The maximum absolute atomic E-state index is 12.6. The van der Waals surface area contributed by atoms with E-state index in [1.807, 2.05) is 31.2 Å². The van der Waals surface area contributed by atoms with Gasteiger partial charge in [0.2, 0.25) is 5.91 Å². The van der Waals surface area contributed by atoms with Crippen LogP contribution < -0.4 is 5.32 Å². The molecule has 4 heteroatoms. The van der Waals surface area contributed by atoms with Gasteiger partial charge in [-0.05, 0) is 49.3 Å². The summed E-state index contributed by atoms with van der Waals surface area (Å²) >= 11 is 5.89. The Kier molecular flexibility index (Phi) is 5.47. The first kappa shape index (κ1) is 16.8. The minimum absolute atomic E-state index is 0.129. The topological polar surface area (TPSA) is 52.9 Å². The SMILES string of the molecule is CCC1(C(C#N)C(=O)NC(C)c2ccc(Cl)cc2)CCCC1. The van der Waals surface area contributed by atoms with E-state index in [4.69, 9.17) is 11.6 Å². The lowest BCUT2D eigenvalue weighted by Gasteiger charge is -2.32. The molecular formula is C18H23ClN2O. The van der Waals surface area contributed by atoms with Gasteiger partial charge in [-0.15, -0.1) is 0 Å². The second kappa shape index (κ2) is 7.15. The van der Waals surface area contributed by atoms with Gasteiger partial charge < -0.3 is 5.32 Å². The molecule has 1 aromatic carbocycles. The summed E-state index contributed by atoms with van der Waals surface area (Å²) in [5.41, 5.74) is 0.852. The van der Waals surface area contributed by atoms with Crippen LogP contribution in [-0.4, -0.2) is 5.91 Å². The average molecular weight is 319 g/mol. The Labute approximate surface area is 137 Å². The fourth-order valence-electron chi connectivity index (χ4n) is 3.53. The number of amides is 1. The first-order chi connectivity index (χ1) is 10.5. The average Bonchev–Trinajstić information content (AvgIpc) is 2.98. The minimum Gasteiger partial charge on any atom is -0.348 e. The van der Waals surface area contributed by atoms with Crippen LogP contribution in [0.3, 0.4) is 0 Å². The van der Waals surface area contributed by atoms with Crippen LogP contribution in [0.15, 0.2) is 24.3 Å². The zero-order valence-electron chi connectivity index (χ0n) is 13.2. The van der Waals surface area contributed by atoms with Crippen LogP contribution in [0, 0.1) is 22.7 Å². The van der Waals surface area contributed by atoms with Crippen LogP contribution in [0.25, 0.3) is 0 Å². The van der Waals surface area contributed by atoms with Gasteiger partial charge in [0.15, 0.2) is 0 Å². The fraction of sp³-hybridized carbons (Fsp3) is 0.556. The maximum Gasteiger partial charge on any atom is 0.238 e. The van der Waals surface area contributed by atoms with Crippen molar-refractivity contribution < 1.29 is 4.79 Å². The molecule has 0 aromatic heterocycles. The highest BCUT2D eigenvalue weighted by Crippen LogP contribution is 2.47. The van der Waals surface area contributed by atoms with Gasteiger partial charge in [-0.3, -0.25) is 4.79 Å². The molecule has 0 radical (unpaired) electrons. The summed E-state index contributed by atoms with van der Waals surface area (Å²) in [5.74, 6) is -0.705. The predicted octanol–water partition coefficient (Wildman–Crippen LogP) is 4.63. The van der Waals surface area contributed by atoms with Crippen molar-refractivity contribution >= 4 is 17.5 Å². The Balaban J connectivity index is 2.09. The van der Waals surface area contributed by atoms with E-state index in [0.717, 1.165) is 37.7 Å². The van der Waals surface area contributed by atoms with E-state index in [1.54, 1.807) is 0 Å². The van der Waals surface area contributed by atoms with Crippen molar-refractivity contribution in [3.8, 4) is 6.07 Å². The lowest BCUT2D eigenvalue weighted by molar-refractivity contribution is -0.127. The molecule has 0 heterocycles. The second-order valence-corrected chi connectivity index (χ2v) is 6.70. The highest BCUT2D eigenvalue weighted by Gasteiger charge is 2.44. The van der Waals surface area contributed by atoms with Crippen molar-refractivity contribution in [3.05, 3.63) is 34.9 Å². The van der Waals surface area contributed by atoms with Crippen LogP contribution in [0.2, 0.25) is 5.02 Å². The molecule has 2 unspecified atom stereocenters. The Morgan fingerprint density at radius 3 is 2.45 bits per heavy atom. The molecule has 2 rings (SSSR count). The normalized spacial score (nSPS) is 19.2.